The predicted molar refractivity (Wildman–Crippen MR) is 68.0 cm³/mol. The Balaban J connectivity index is 2.33. The van der Waals surface area contributed by atoms with Crippen molar-refractivity contribution in [1.29, 1.82) is 0 Å². The Morgan fingerprint density at radius 2 is 1.81 bits per heavy atom. The molecule has 0 spiro atoms. The van der Waals surface area contributed by atoms with Gasteiger partial charge in [-0.05, 0) is 35.9 Å². The summed E-state index contributed by atoms with van der Waals surface area (Å²) in [5.74, 6) is -1.09. The average molecular weight is 301 g/mol. The van der Waals surface area contributed by atoms with Crippen molar-refractivity contribution in [2.75, 3.05) is 5.73 Å². The van der Waals surface area contributed by atoms with Crippen LogP contribution in [0.4, 0.5) is 23.2 Å². The Labute approximate surface area is 117 Å². The van der Waals surface area contributed by atoms with Crippen LogP contribution in [0.5, 0.6) is 5.75 Å². The van der Waals surface area contributed by atoms with E-state index >= 15 is 0 Å². The van der Waals surface area contributed by atoms with E-state index in [1.54, 1.807) is 0 Å². The van der Waals surface area contributed by atoms with Crippen molar-refractivity contribution < 1.29 is 27.4 Å². The molecule has 3 nitrogen and oxygen atoms in total. The highest BCUT2D eigenvalue weighted by atomic mass is 19.4. The van der Waals surface area contributed by atoms with Gasteiger partial charge in [-0.3, -0.25) is 0 Å². The topological polar surface area (TPSA) is 55.5 Å². The van der Waals surface area contributed by atoms with E-state index < -0.39 is 24.0 Å². The molecule has 0 heterocycles. The number of ether oxygens (including phenoxy) is 1. The van der Waals surface area contributed by atoms with Gasteiger partial charge in [-0.25, -0.2) is 4.39 Å². The largest absolute Gasteiger partial charge is 0.573 e. The van der Waals surface area contributed by atoms with Crippen molar-refractivity contribution >= 4 is 5.69 Å². The second-order valence-corrected chi connectivity index (χ2v) is 4.30. The van der Waals surface area contributed by atoms with E-state index in [-0.39, 0.29) is 16.8 Å². The summed E-state index contributed by atoms with van der Waals surface area (Å²) in [6.45, 7) is 0. The van der Waals surface area contributed by atoms with Crippen molar-refractivity contribution in [2.45, 2.75) is 12.5 Å². The molecule has 0 aliphatic rings. The number of nitrogen functional groups attached to an aromatic ring is 1. The number of alkyl halides is 3. The molecule has 0 aromatic heterocycles. The van der Waals surface area contributed by atoms with Crippen molar-refractivity contribution in [1.82, 2.24) is 0 Å². The molecule has 0 aliphatic carbocycles. The number of aliphatic hydroxyl groups is 1. The molecular weight excluding hydrogens is 290 g/mol. The zero-order valence-corrected chi connectivity index (χ0v) is 10.6. The van der Waals surface area contributed by atoms with Crippen LogP contribution in [0.3, 0.4) is 0 Å². The van der Waals surface area contributed by atoms with Crippen LogP contribution in [-0.4, -0.2) is 11.5 Å². The Kier molecular flexibility index (Phi) is 4.04. The normalized spacial score (nSPS) is 13.0. The number of anilines is 1. The van der Waals surface area contributed by atoms with Crippen LogP contribution in [0.2, 0.25) is 0 Å². The van der Waals surface area contributed by atoms with Gasteiger partial charge in [0.2, 0.25) is 0 Å². The number of halogens is 4. The summed E-state index contributed by atoms with van der Waals surface area (Å²) < 4.78 is 53.4. The fourth-order valence-corrected chi connectivity index (χ4v) is 1.84. The summed E-state index contributed by atoms with van der Waals surface area (Å²) in [6.07, 6.45) is -6.20. The zero-order chi connectivity index (χ0) is 15.6. The highest BCUT2D eigenvalue weighted by Crippen LogP contribution is 2.30. The Morgan fingerprint density at radius 3 is 2.48 bits per heavy atom. The lowest BCUT2D eigenvalue weighted by atomic mass is 10.00. The maximum absolute atomic E-state index is 13.2. The van der Waals surface area contributed by atoms with E-state index in [9.17, 15) is 22.7 Å². The minimum atomic E-state index is -4.83. The molecule has 2 aromatic carbocycles. The maximum atomic E-state index is 13.2. The van der Waals surface area contributed by atoms with E-state index in [1.165, 1.54) is 18.2 Å². The quantitative estimate of drug-likeness (QED) is 0.675. The Bertz CT molecular complexity index is 643. The molecule has 1 unspecified atom stereocenters. The molecule has 0 saturated heterocycles. The fraction of sp³-hybridized carbons (Fsp3) is 0.143. The molecule has 0 aliphatic heterocycles. The van der Waals surface area contributed by atoms with Crippen LogP contribution in [0.25, 0.3) is 0 Å². The van der Waals surface area contributed by atoms with Crippen LogP contribution in [0, 0.1) is 5.82 Å². The van der Waals surface area contributed by atoms with Gasteiger partial charge in [-0.2, -0.15) is 0 Å². The molecule has 2 rings (SSSR count). The summed E-state index contributed by atoms with van der Waals surface area (Å²) in [7, 11) is 0. The van der Waals surface area contributed by atoms with Gasteiger partial charge in [0, 0.05) is 11.3 Å². The second-order valence-electron chi connectivity index (χ2n) is 4.30. The van der Waals surface area contributed by atoms with Gasteiger partial charge in [0.15, 0.2) is 0 Å². The van der Waals surface area contributed by atoms with Crippen molar-refractivity contribution in [2.24, 2.45) is 0 Å². The van der Waals surface area contributed by atoms with Gasteiger partial charge < -0.3 is 15.6 Å². The van der Waals surface area contributed by atoms with Gasteiger partial charge >= 0.3 is 6.36 Å². The first-order valence-corrected chi connectivity index (χ1v) is 5.85. The van der Waals surface area contributed by atoms with E-state index in [0.29, 0.717) is 0 Å². The molecule has 112 valence electrons. The smallest absolute Gasteiger partial charge is 0.406 e. The summed E-state index contributed by atoms with van der Waals surface area (Å²) in [4.78, 5) is 0. The Hall–Kier alpha value is -2.28. The lowest BCUT2D eigenvalue weighted by Crippen LogP contribution is -2.17. The first-order chi connectivity index (χ1) is 9.76. The number of rotatable bonds is 3. The molecule has 2 aromatic rings. The molecule has 0 fully saturated rings. The lowest BCUT2D eigenvalue weighted by Gasteiger charge is -2.15. The van der Waals surface area contributed by atoms with E-state index in [1.807, 2.05) is 0 Å². The third-order valence-corrected chi connectivity index (χ3v) is 2.75. The Morgan fingerprint density at radius 1 is 1.10 bits per heavy atom. The minimum Gasteiger partial charge on any atom is -0.406 e. The highest BCUT2D eigenvalue weighted by molar-refractivity contribution is 5.51. The standard InChI is InChI=1S/C14H11F4NO2/c15-9-4-5-12(19)11(7-9)13(20)8-2-1-3-10(6-8)21-14(16,17)18/h1-7,13,20H,19H2. The monoisotopic (exact) mass is 301 g/mol. The number of hydrogen-bond acceptors (Lipinski definition) is 3. The number of benzene rings is 2. The van der Waals surface area contributed by atoms with Crippen LogP contribution >= 0.6 is 0 Å². The highest BCUT2D eigenvalue weighted by Gasteiger charge is 2.31. The van der Waals surface area contributed by atoms with Gasteiger partial charge in [0.05, 0.1) is 0 Å². The van der Waals surface area contributed by atoms with Gasteiger partial charge in [0.25, 0.3) is 0 Å². The second kappa shape index (κ2) is 5.61. The molecule has 0 radical (unpaired) electrons. The van der Waals surface area contributed by atoms with Crippen molar-refractivity contribution in [3.63, 3.8) is 0 Å². The number of hydrogen-bond donors (Lipinski definition) is 2. The molecule has 0 bridgehead atoms. The summed E-state index contributed by atoms with van der Waals surface area (Å²) >= 11 is 0. The molecule has 21 heavy (non-hydrogen) atoms. The minimum absolute atomic E-state index is 0.0687. The van der Waals surface area contributed by atoms with E-state index in [0.717, 1.165) is 24.3 Å². The van der Waals surface area contributed by atoms with Gasteiger partial charge in [0.1, 0.15) is 17.7 Å². The van der Waals surface area contributed by atoms with E-state index in [2.05, 4.69) is 4.74 Å². The molecule has 3 N–H and O–H groups in total. The average Bonchev–Trinajstić information content (AvgIpc) is 2.39. The van der Waals surface area contributed by atoms with Gasteiger partial charge in [-0.15, -0.1) is 13.2 Å². The van der Waals surface area contributed by atoms with Crippen molar-refractivity contribution in [3.05, 3.63) is 59.4 Å². The lowest BCUT2D eigenvalue weighted by molar-refractivity contribution is -0.274. The summed E-state index contributed by atoms with van der Waals surface area (Å²) in [5.41, 5.74) is 5.93. The first kappa shape index (κ1) is 15.1. The molecule has 1 atom stereocenters. The first-order valence-electron chi connectivity index (χ1n) is 5.85. The number of nitrogens with two attached hydrogens (primary N) is 1. The summed E-state index contributed by atoms with van der Waals surface area (Å²) in [5, 5.41) is 10.1. The molecule has 0 amide bonds. The van der Waals surface area contributed by atoms with Crippen LogP contribution in [0.15, 0.2) is 42.5 Å². The maximum Gasteiger partial charge on any atom is 0.573 e. The summed E-state index contributed by atoms with van der Waals surface area (Å²) in [6, 6.07) is 8.20. The van der Waals surface area contributed by atoms with Gasteiger partial charge in [-0.1, -0.05) is 12.1 Å². The zero-order valence-electron chi connectivity index (χ0n) is 10.6. The third-order valence-electron chi connectivity index (χ3n) is 2.75. The van der Waals surface area contributed by atoms with Crippen LogP contribution in [0.1, 0.15) is 17.2 Å². The van der Waals surface area contributed by atoms with E-state index in [4.69, 9.17) is 5.73 Å². The molecular formula is C14H11F4NO2. The third kappa shape index (κ3) is 3.85. The van der Waals surface area contributed by atoms with Crippen LogP contribution in [-0.2, 0) is 0 Å². The number of aliphatic hydroxyl groups excluding tert-OH is 1. The van der Waals surface area contributed by atoms with Crippen LogP contribution < -0.4 is 10.5 Å². The molecule has 0 saturated carbocycles. The predicted octanol–water partition coefficient (Wildman–Crippen LogP) is 3.39. The SMILES string of the molecule is Nc1ccc(F)cc1C(O)c1cccc(OC(F)(F)F)c1. The fourth-order valence-electron chi connectivity index (χ4n) is 1.84. The van der Waals surface area contributed by atoms with Crippen molar-refractivity contribution in [3.8, 4) is 5.75 Å². The molecule has 7 heteroatoms.